The van der Waals surface area contributed by atoms with Gasteiger partial charge in [0.2, 0.25) is 0 Å². The highest BCUT2D eigenvalue weighted by Gasteiger charge is 2.55. The Labute approximate surface area is 163 Å². The van der Waals surface area contributed by atoms with Gasteiger partial charge in [0.1, 0.15) is 23.2 Å². The molecule has 1 amide bonds. The molecule has 4 aliphatic rings. The third kappa shape index (κ3) is 2.69. The predicted molar refractivity (Wildman–Crippen MR) is 100 cm³/mol. The molecule has 0 N–H and O–H groups in total. The van der Waals surface area contributed by atoms with Crippen LogP contribution in [0.4, 0.5) is 8.78 Å². The van der Waals surface area contributed by atoms with E-state index in [0.29, 0.717) is 35.1 Å². The van der Waals surface area contributed by atoms with Gasteiger partial charge >= 0.3 is 0 Å². The largest absolute Gasteiger partial charge is 0.466 e. The Kier molecular flexibility index (Phi) is 4.09. The molecule has 4 saturated heterocycles. The van der Waals surface area contributed by atoms with Crippen molar-refractivity contribution in [3.8, 4) is 0 Å². The van der Waals surface area contributed by atoms with Crippen molar-refractivity contribution in [2.45, 2.75) is 44.7 Å². The van der Waals surface area contributed by atoms with Gasteiger partial charge in [-0.2, -0.15) is 0 Å². The molecule has 4 fully saturated rings. The van der Waals surface area contributed by atoms with Crippen LogP contribution in [0.25, 0.3) is 0 Å². The topological polar surface area (TPSA) is 36.7 Å². The molecule has 1 aromatic carbocycles. The second-order valence-electron chi connectivity index (χ2n) is 8.45. The molecule has 6 heteroatoms. The number of aryl methyl sites for hydroxylation is 2. The molecule has 3 atom stereocenters. The van der Waals surface area contributed by atoms with E-state index in [-0.39, 0.29) is 23.9 Å². The second-order valence-corrected chi connectivity index (χ2v) is 8.45. The summed E-state index contributed by atoms with van der Waals surface area (Å²) >= 11 is 0. The highest BCUT2D eigenvalue weighted by Crippen LogP contribution is 2.47. The number of fused-ring (bicyclic) bond motifs is 2. The van der Waals surface area contributed by atoms with E-state index < -0.39 is 11.6 Å². The van der Waals surface area contributed by atoms with E-state index in [1.807, 2.05) is 18.7 Å². The predicted octanol–water partition coefficient (Wildman–Crippen LogP) is 3.88. The summed E-state index contributed by atoms with van der Waals surface area (Å²) in [7, 11) is 0. The molecule has 0 saturated carbocycles. The van der Waals surface area contributed by atoms with Crippen molar-refractivity contribution in [3.05, 3.63) is 58.5 Å². The molecule has 2 aromatic rings. The van der Waals surface area contributed by atoms with Gasteiger partial charge in [0, 0.05) is 24.6 Å². The number of likely N-dealkylation sites (tertiary alicyclic amines) is 1. The number of amides is 1. The first-order chi connectivity index (χ1) is 13.4. The SMILES string of the molecule is Cc1cc(C(=O)N2C[C@@H](c3cc(F)cc(F)c3)[C@@H]3[C@H]2C2CCN3CC2)c(C)o1. The lowest BCUT2D eigenvalue weighted by Crippen LogP contribution is -2.60. The van der Waals surface area contributed by atoms with Crippen LogP contribution in [-0.2, 0) is 0 Å². The highest BCUT2D eigenvalue weighted by molar-refractivity contribution is 5.96. The number of carbonyl (C=O) groups is 1. The summed E-state index contributed by atoms with van der Waals surface area (Å²) in [5, 5.41) is 0. The van der Waals surface area contributed by atoms with E-state index in [2.05, 4.69) is 4.90 Å². The summed E-state index contributed by atoms with van der Waals surface area (Å²) < 4.78 is 33.4. The monoisotopic (exact) mass is 386 g/mol. The minimum Gasteiger partial charge on any atom is -0.466 e. The number of hydrogen-bond donors (Lipinski definition) is 0. The molecule has 0 aliphatic carbocycles. The van der Waals surface area contributed by atoms with Crippen molar-refractivity contribution in [2.75, 3.05) is 19.6 Å². The van der Waals surface area contributed by atoms with Gasteiger partial charge in [-0.3, -0.25) is 9.69 Å². The van der Waals surface area contributed by atoms with E-state index >= 15 is 0 Å². The fourth-order valence-electron chi connectivity index (χ4n) is 5.73. The fraction of sp³-hybridized carbons (Fsp3) is 0.500. The third-order valence-electron chi connectivity index (χ3n) is 6.84. The summed E-state index contributed by atoms with van der Waals surface area (Å²) in [5.41, 5.74) is 1.24. The molecule has 28 heavy (non-hydrogen) atoms. The minimum absolute atomic E-state index is 0.0301. The van der Waals surface area contributed by atoms with E-state index in [1.54, 1.807) is 6.07 Å². The van der Waals surface area contributed by atoms with Gasteiger partial charge in [0.05, 0.1) is 11.6 Å². The van der Waals surface area contributed by atoms with Crippen LogP contribution in [0.5, 0.6) is 0 Å². The number of carbonyl (C=O) groups excluding carboxylic acids is 1. The van der Waals surface area contributed by atoms with Crippen LogP contribution in [-0.4, -0.2) is 47.4 Å². The summed E-state index contributed by atoms with van der Waals surface area (Å²) in [6.45, 7) is 6.11. The van der Waals surface area contributed by atoms with Crippen molar-refractivity contribution in [1.82, 2.24) is 9.80 Å². The number of piperidine rings is 3. The molecule has 0 spiro atoms. The van der Waals surface area contributed by atoms with Crippen LogP contribution < -0.4 is 0 Å². The molecule has 2 bridgehead atoms. The van der Waals surface area contributed by atoms with Crippen molar-refractivity contribution in [1.29, 1.82) is 0 Å². The van der Waals surface area contributed by atoms with Crippen LogP contribution >= 0.6 is 0 Å². The quantitative estimate of drug-likeness (QED) is 0.786. The summed E-state index contributed by atoms with van der Waals surface area (Å²) in [5.74, 6) is 0.542. The first-order valence-corrected chi connectivity index (χ1v) is 10.0. The Morgan fingerprint density at radius 3 is 2.32 bits per heavy atom. The van der Waals surface area contributed by atoms with Gasteiger partial charge in [0.15, 0.2) is 0 Å². The van der Waals surface area contributed by atoms with Gasteiger partial charge in [-0.05, 0) is 69.5 Å². The summed E-state index contributed by atoms with van der Waals surface area (Å²) in [4.78, 5) is 17.8. The van der Waals surface area contributed by atoms with E-state index in [0.717, 1.165) is 32.0 Å². The summed E-state index contributed by atoms with van der Waals surface area (Å²) in [6.07, 6.45) is 2.14. The Morgan fingerprint density at radius 1 is 1.04 bits per heavy atom. The number of furan rings is 1. The first-order valence-electron chi connectivity index (χ1n) is 10.0. The Morgan fingerprint density at radius 2 is 1.71 bits per heavy atom. The van der Waals surface area contributed by atoms with Crippen LogP contribution in [0.1, 0.15) is 46.2 Å². The van der Waals surface area contributed by atoms with Crippen LogP contribution in [0, 0.1) is 31.4 Å². The van der Waals surface area contributed by atoms with Gasteiger partial charge in [-0.25, -0.2) is 8.78 Å². The highest BCUT2D eigenvalue weighted by atomic mass is 19.1. The lowest BCUT2D eigenvalue weighted by Gasteiger charge is -2.51. The molecule has 4 nitrogen and oxygen atoms in total. The van der Waals surface area contributed by atoms with Crippen molar-refractivity contribution >= 4 is 5.91 Å². The van der Waals surface area contributed by atoms with E-state index in [4.69, 9.17) is 4.42 Å². The molecular weight excluding hydrogens is 362 g/mol. The van der Waals surface area contributed by atoms with Crippen LogP contribution in [0.3, 0.4) is 0 Å². The Bertz CT molecular complexity index is 912. The molecule has 5 heterocycles. The lowest BCUT2D eigenvalue weighted by atomic mass is 9.75. The van der Waals surface area contributed by atoms with Crippen LogP contribution in [0.15, 0.2) is 28.7 Å². The van der Waals surface area contributed by atoms with E-state index in [9.17, 15) is 13.6 Å². The molecular formula is C22H24F2N2O2. The fourth-order valence-corrected chi connectivity index (χ4v) is 5.73. The maximum absolute atomic E-state index is 13.9. The molecule has 148 valence electrons. The standard InChI is InChI=1S/C22H24F2N2O2/c1-12-7-18(13(2)28-12)22(27)26-11-19(15-8-16(23)10-17(24)9-15)21-20(26)14-3-5-25(21)6-4-14/h7-10,14,19-21H,3-6,11H2,1-2H3/t19-,20+,21+/m0/s1. The second kappa shape index (κ2) is 6.41. The van der Waals surface area contributed by atoms with Crippen molar-refractivity contribution in [2.24, 2.45) is 5.92 Å². The first kappa shape index (κ1) is 17.9. The third-order valence-corrected chi connectivity index (χ3v) is 6.84. The normalized spacial score (nSPS) is 31.3. The zero-order valence-corrected chi connectivity index (χ0v) is 16.1. The number of rotatable bonds is 2. The smallest absolute Gasteiger partial charge is 0.257 e. The molecule has 4 aliphatic heterocycles. The number of halogens is 2. The molecule has 1 aromatic heterocycles. The van der Waals surface area contributed by atoms with Crippen LogP contribution in [0.2, 0.25) is 0 Å². The molecule has 0 radical (unpaired) electrons. The Balaban J connectivity index is 1.55. The zero-order valence-electron chi connectivity index (χ0n) is 16.1. The maximum Gasteiger partial charge on any atom is 0.257 e. The lowest BCUT2D eigenvalue weighted by molar-refractivity contribution is -0.00348. The average molecular weight is 386 g/mol. The number of benzene rings is 1. The maximum atomic E-state index is 13.9. The van der Waals surface area contributed by atoms with Crippen molar-refractivity contribution < 1.29 is 18.0 Å². The number of nitrogens with zero attached hydrogens (tertiary/aromatic N) is 2. The molecule has 0 unspecified atom stereocenters. The summed E-state index contributed by atoms with van der Waals surface area (Å²) in [6, 6.07) is 5.75. The molecule has 6 rings (SSSR count). The Hall–Kier alpha value is -2.21. The minimum atomic E-state index is -0.561. The van der Waals surface area contributed by atoms with Gasteiger partial charge in [-0.15, -0.1) is 0 Å². The van der Waals surface area contributed by atoms with Gasteiger partial charge in [0.25, 0.3) is 5.91 Å². The number of hydrogen-bond acceptors (Lipinski definition) is 3. The van der Waals surface area contributed by atoms with Gasteiger partial charge in [-0.1, -0.05) is 0 Å². The van der Waals surface area contributed by atoms with Crippen molar-refractivity contribution in [3.63, 3.8) is 0 Å². The average Bonchev–Trinajstić information content (AvgIpc) is 3.23. The zero-order chi connectivity index (χ0) is 19.6. The van der Waals surface area contributed by atoms with Gasteiger partial charge < -0.3 is 9.32 Å². The van der Waals surface area contributed by atoms with E-state index in [1.165, 1.54) is 12.1 Å².